The van der Waals surface area contributed by atoms with Crippen molar-refractivity contribution in [2.45, 2.75) is 45.2 Å². The third-order valence-electron chi connectivity index (χ3n) is 5.62. The zero-order chi connectivity index (χ0) is 23.0. The van der Waals surface area contributed by atoms with Gasteiger partial charge in [0, 0.05) is 35.6 Å². The van der Waals surface area contributed by atoms with Gasteiger partial charge in [0.05, 0.1) is 10.9 Å². The van der Waals surface area contributed by atoms with Gasteiger partial charge in [0.1, 0.15) is 5.69 Å². The Labute approximate surface area is 199 Å². The predicted octanol–water partition coefficient (Wildman–Crippen LogP) is 5.80. The van der Waals surface area contributed by atoms with Gasteiger partial charge < -0.3 is 4.90 Å². The number of hydrogen-bond acceptors (Lipinski definition) is 3. The van der Waals surface area contributed by atoms with E-state index in [0.29, 0.717) is 29.7 Å². The lowest BCUT2D eigenvalue weighted by atomic mass is 9.83. The molecule has 3 atom stereocenters. The van der Waals surface area contributed by atoms with Crippen LogP contribution in [0.5, 0.6) is 0 Å². The Bertz CT molecular complexity index is 1230. The fourth-order valence-corrected chi connectivity index (χ4v) is 5.75. The number of benzene rings is 1. The van der Waals surface area contributed by atoms with Crippen molar-refractivity contribution < 1.29 is 9.18 Å². The van der Waals surface area contributed by atoms with Crippen molar-refractivity contribution in [3.8, 4) is 23.0 Å². The van der Waals surface area contributed by atoms with Gasteiger partial charge in [-0.25, -0.2) is 4.39 Å². The minimum absolute atomic E-state index is 0.102. The minimum Gasteiger partial charge on any atom is -0.326 e. The van der Waals surface area contributed by atoms with E-state index in [2.05, 4.69) is 26.2 Å². The maximum Gasteiger partial charge on any atom is 0.298 e. The Kier molecular flexibility index (Phi) is 6.45. The Morgan fingerprint density at radius 1 is 1.38 bits per heavy atom. The van der Waals surface area contributed by atoms with Crippen LogP contribution in [-0.2, 0) is 23.3 Å². The summed E-state index contributed by atoms with van der Waals surface area (Å²) in [7, 11) is 2.25. The lowest BCUT2D eigenvalue weighted by Crippen LogP contribution is -2.37. The first kappa shape index (κ1) is 23.0. The normalized spacial score (nSPS) is 17.3. The summed E-state index contributed by atoms with van der Waals surface area (Å²) in [5.41, 5.74) is 4.15. The molecule has 1 aliphatic rings. The summed E-state index contributed by atoms with van der Waals surface area (Å²) in [6.45, 7) is 6.74. The molecule has 0 aliphatic carbocycles. The molecule has 3 aromatic rings. The molecule has 0 N–H and O–H groups in total. The van der Waals surface area contributed by atoms with Gasteiger partial charge in [-0.05, 0) is 49.4 Å². The van der Waals surface area contributed by atoms with E-state index in [4.69, 9.17) is 11.6 Å². The molecule has 0 spiro atoms. The molecule has 4 rings (SSSR count). The number of fused-ring (bicyclic) bond motifs is 1. The Balaban J connectivity index is 1.88. The van der Waals surface area contributed by atoms with Crippen molar-refractivity contribution in [3.63, 3.8) is 0 Å². The SMILES string of the molecule is CC#CC(=O)N1Cc2sc(Cl)cc2[C@H](c2ccccc2-c2cn(CC)nc2C(C)(F)P)C1. The number of aryl methyl sites for hydroxylation is 1. The van der Waals surface area contributed by atoms with Gasteiger partial charge in [-0.15, -0.1) is 11.3 Å². The summed E-state index contributed by atoms with van der Waals surface area (Å²) in [5.74, 6) is 5.05. The van der Waals surface area contributed by atoms with E-state index in [-0.39, 0.29) is 11.8 Å². The summed E-state index contributed by atoms with van der Waals surface area (Å²) in [6, 6.07) is 9.94. The monoisotopic (exact) mass is 487 g/mol. The van der Waals surface area contributed by atoms with Crippen molar-refractivity contribution in [1.82, 2.24) is 14.7 Å². The number of nitrogens with zero attached hydrogens (tertiary/aromatic N) is 3. The molecule has 0 fully saturated rings. The highest BCUT2D eigenvalue weighted by Gasteiger charge is 2.34. The number of hydrogen-bond donors (Lipinski definition) is 0. The van der Waals surface area contributed by atoms with Crippen LogP contribution in [0, 0.1) is 11.8 Å². The molecule has 1 aromatic carbocycles. The second-order valence-electron chi connectivity index (χ2n) is 7.95. The maximum absolute atomic E-state index is 15.1. The topological polar surface area (TPSA) is 38.1 Å². The van der Waals surface area contributed by atoms with Crippen LogP contribution in [0.1, 0.15) is 48.4 Å². The molecule has 166 valence electrons. The highest BCUT2D eigenvalue weighted by molar-refractivity contribution is 7.18. The van der Waals surface area contributed by atoms with E-state index >= 15 is 4.39 Å². The molecule has 0 bridgehead atoms. The fraction of sp³-hybridized carbons (Fsp3) is 0.333. The largest absolute Gasteiger partial charge is 0.326 e. The van der Waals surface area contributed by atoms with Crippen LogP contribution in [0.25, 0.3) is 11.1 Å². The van der Waals surface area contributed by atoms with Crippen molar-refractivity contribution >= 4 is 38.1 Å². The Hall–Kier alpha value is -2.19. The van der Waals surface area contributed by atoms with E-state index in [9.17, 15) is 4.79 Å². The molecule has 0 saturated heterocycles. The summed E-state index contributed by atoms with van der Waals surface area (Å²) >= 11 is 7.87. The second-order valence-corrected chi connectivity index (χ2v) is 10.8. The molecule has 2 aromatic heterocycles. The number of carbonyl (C=O) groups is 1. The van der Waals surface area contributed by atoms with Crippen LogP contribution in [-0.4, -0.2) is 27.1 Å². The number of halogens is 2. The number of alkyl halides is 1. The third kappa shape index (κ3) is 4.35. The summed E-state index contributed by atoms with van der Waals surface area (Å²) < 4.78 is 17.5. The first-order valence-electron chi connectivity index (χ1n) is 10.4. The van der Waals surface area contributed by atoms with Crippen molar-refractivity contribution in [2.75, 3.05) is 6.54 Å². The number of rotatable bonds is 4. The van der Waals surface area contributed by atoms with Gasteiger partial charge in [0.2, 0.25) is 0 Å². The van der Waals surface area contributed by atoms with Crippen LogP contribution in [0.2, 0.25) is 4.34 Å². The molecular weight excluding hydrogens is 464 g/mol. The van der Waals surface area contributed by atoms with Gasteiger partial charge >= 0.3 is 0 Å². The molecule has 2 unspecified atom stereocenters. The maximum atomic E-state index is 15.1. The van der Waals surface area contributed by atoms with Crippen molar-refractivity contribution in [2.24, 2.45) is 0 Å². The molecule has 3 heterocycles. The van der Waals surface area contributed by atoms with E-state index in [1.807, 2.05) is 43.5 Å². The number of amides is 1. The molecule has 32 heavy (non-hydrogen) atoms. The van der Waals surface area contributed by atoms with E-state index < -0.39 is 5.41 Å². The van der Waals surface area contributed by atoms with Crippen molar-refractivity contribution in [3.05, 3.63) is 62.6 Å². The third-order valence-corrected chi connectivity index (χ3v) is 7.16. The van der Waals surface area contributed by atoms with Gasteiger partial charge in [0.15, 0.2) is 5.41 Å². The lowest BCUT2D eigenvalue weighted by Gasteiger charge is -2.33. The molecule has 8 heteroatoms. The molecule has 4 nitrogen and oxygen atoms in total. The molecule has 1 amide bonds. The average molecular weight is 488 g/mol. The zero-order valence-electron chi connectivity index (χ0n) is 18.2. The molecule has 1 aliphatic heterocycles. The highest BCUT2D eigenvalue weighted by atomic mass is 35.5. The van der Waals surface area contributed by atoms with Crippen LogP contribution in [0.4, 0.5) is 4.39 Å². The lowest BCUT2D eigenvalue weighted by molar-refractivity contribution is -0.126. The standard InChI is InChI=1S/C24H24ClFN3OPS/c1-4-8-22(30)28-12-18(17-11-21(25)32-20(17)14-28)15-9-6-7-10-16(15)19-13-29(5-2)27-23(19)24(3,26)31/h6-7,9-11,13,18H,5,12,14,31H2,1-3H3/t18-,24?/m0/s1. The highest BCUT2D eigenvalue weighted by Crippen LogP contribution is 2.45. The zero-order valence-corrected chi connectivity index (χ0v) is 20.9. The van der Waals surface area contributed by atoms with Crippen molar-refractivity contribution in [1.29, 1.82) is 0 Å². The first-order chi connectivity index (χ1) is 15.2. The summed E-state index contributed by atoms with van der Waals surface area (Å²) in [6.07, 6.45) is 1.89. The first-order valence-corrected chi connectivity index (χ1v) is 12.1. The summed E-state index contributed by atoms with van der Waals surface area (Å²) in [5, 5.41) is 2.82. The van der Waals surface area contributed by atoms with E-state index in [1.165, 1.54) is 18.3 Å². The van der Waals surface area contributed by atoms with Gasteiger partial charge in [-0.1, -0.05) is 51.0 Å². The molecule has 0 saturated carbocycles. The van der Waals surface area contributed by atoms with E-state index in [0.717, 1.165) is 27.1 Å². The van der Waals surface area contributed by atoms with Crippen LogP contribution >= 0.6 is 32.2 Å². The smallest absolute Gasteiger partial charge is 0.298 e. The fourth-order valence-electron chi connectivity index (χ4n) is 4.18. The Morgan fingerprint density at radius 3 is 2.81 bits per heavy atom. The second kappa shape index (κ2) is 8.98. The molecular formula is C24H24ClFN3OPS. The molecule has 0 radical (unpaired) electrons. The number of carbonyl (C=O) groups excluding carboxylic acids is 1. The van der Waals surface area contributed by atoms with Crippen LogP contribution in [0.15, 0.2) is 36.5 Å². The van der Waals surface area contributed by atoms with Crippen LogP contribution in [0.3, 0.4) is 0 Å². The minimum atomic E-state index is -1.68. The van der Waals surface area contributed by atoms with Crippen LogP contribution < -0.4 is 0 Å². The van der Waals surface area contributed by atoms with Gasteiger partial charge in [-0.2, -0.15) is 5.10 Å². The Morgan fingerprint density at radius 2 is 2.12 bits per heavy atom. The number of thiophene rings is 1. The van der Waals surface area contributed by atoms with Gasteiger partial charge in [-0.3, -0.25) is 9.48 Å². The average Bonchev–Trinajstić information content (AvgIpc) is 3.36. The predicted molar refractivity (Wildman–Crippen MR) is 132 cm³/mol. The quantitative estimate of drug-likeness (QED) is 0.344. The number of aromatic nitrogens is 2. The van der Waals surface area contributed by atoms with Gasteiger partial charge in [0.25, 0.3) is 5.91 Å². The summed E-state index contributed by atoms with van der Waals surface area (Å²) in [4.78, 5) is 15.4. The van der Waals surface area contributed by atoms with E-state index in [1.54, 1.807) is 16.5 Å².